The average Bonchev–Trinajstić information content (AvgIpc) is 2.59. The third-order valence-corrected chi connectivity index (χ3v) is 3.63. The Hall–Kier alpha value is -2.21. The molecule has 6 heteroatoms. The van der Waals surface area contributed by atoms with Crippen molar-refractivity contribution in [2.75, 3.05) is 27.4 Å². The number of aldehydes is 1. The van der Waals surface area contributed by atoms with E-state index in [1.807, 2.05) is 24.3 Å². The predicted octanol–water partition coefficient (Wildman–Crippen LogP) is 3.74. The Morgan fingerprint density at radius 1 is 0.957 bits per heavy atom. The molecule has 0 bridgehead atoms. The summed E-state index contributed by atoms with van der Waals surface area (Å²) in [5, 5.41) is 0. The van der Waals surface area contributed by atoms with Gasteiger partial charge in [-0.15, -0.1) is 0 Å². The number of halogens is 1. The molecule has 0 amide bonds. The first-order chi connectivity index (χ1) is 11.2. The average molecular weight is 381 g/mol. The summed E-state index contributed by atoms with van der Waals surface area (Å²) < 4.78 is 22.3. The molecule has 0 heterocycles. The number of ether oxygens (including phenoxy) is 4. The predicted molar refractivity (Wildman–Crippen MR) is 90.1 cm³/mol. The summed E-state index contributed by atoms with van der Waals surface area (Å²) >= 11 is 3.37. The van der Waals surface area contributed by atoms with E-state index in [9.17, 15) is 4.79 Å². The minimum Gasteiger partial charge on any atom is -0.497 e. The van der Waals surface area contributed by atoms with E-state index in [1.165, 1.54) is 7.11 Å². The number of hydrogen-bond donors (Lipinski definition) is 0. The fourth-order valence-electron chi connectivity index (χ4n) is 1.92. The highest BCUT2D eigenvalue weighted by Crippen LogP contribution is 2.36. The highest BCUT2D eigenvalue weighted by molar-refractivity contribution is 9.10. The van der Waals surface area contributed by atoms with Crippen LogP contribution in [0.5, 0.6) is 23.0 Å². The first-order valence-electron chi connectivity index (χ1n) is 6.90. The van der Waals surface area contributed by atoms with Crippen molar-refractivity contribution in [3.63, 3.8) is 0 Å². The molecule has 0 saturated heterocycles. The van der Waals surface area contributed by atoms with Gasteiger partial charge in [-0.1, -0.05) is 0 Å². The summed E-state index contributed by atoms with van der Waals surface area (Å²) in [6, 6.07) is 10.6. The van der Waals surface area contributed by atoms with E-state index < -0.39 is 0 Å². The van der Waals surface area contributed by atoms with Gasteiger partial charge in [-0.2, -0.15) is 0 Å². The Bertz CT molecular complexity index is 655. The quantitative estimate of drug-likeness (QED) is 0.515. The number of benzene rings is 2. The third-order valence-electron chi connectivity index (χ3n) is 3.05. The van der Waals surface area contributed by atoms with Crippen molar-refractivity contribution in [2.24, 2.45) is 0 Å². The van der Waals surface area contributed by atoms with Crippen LogP contribution >= 0.6 is 15.9 Å². The number of rotatable bonds is 8. The Balaban J connectivity index is 1.91. The zero-order valence-electron chi connectivity index (χ0n) is 12.9. The summed E-state index contributed by atoms with van der Waals surface area (Å²) in [5.74, 6) is 2.54. The van der Waals surface area contributed by atoms with Gasteiger partial charge in [0.05, 0.1) is 18.7 Å². The van der Waals surface area contributed by atoms with E-state index >= 15 is 0 Å². The molecule has 2 aromatic carbocycles. The molecule has 5 nitrogen and oxygen atoms in total. The second-order valence-corrected chi connectivity index (χ2v) is 5.38. The van der Waals surface area contributed by atoms with Gasteiger partial charge < -0.3 is 18.9 Å². The van der Waals surface area contributed by atoms with Crippen molar-refractivity contribution >= 4 is 22.2 Å². The van der Waals surface area contributed by atoms with Crippen molar-refractivity contribution in [2.45, 2.75) is 0 Å². The van der Waals surface area contributed by atoms with Crippen LogP contribution in [0.15, 0.2) is 40.9 Å². The van der Waals surface area contributed by atoms with Gasteiger partial charge in [-0.25, -0.2) is 0 Å². The SMILES string of the molecule is COc1ccc(OCCOc2c(Br)cc(C=O)cc2OC)cc1. The molecule has 23 heavy (non-hydrogen) atoms. The van der Waals surface area contributed by atoms with Gasteiger partial charge >= 0.3 is 0 Å². The Morgan fingerprint density at radius 3 is 2.22 bits per heavy atom. The fraction of sp³-hybridized carbons (Fsp3) is 0.235. The molecule has 0 aromatic heterocycles. The van der Waals surface area contributed by atoms with Crippen LogP contribution in [-0.2, 0) is 0 Å². The summed E-state index contributed by atoms with van der Waals surface area (Å²) in [7, 11) is 3.14. The number of hydrogen-bond acceptors (Lipinski definition) is 5. The van der Waals surface area contributed by atoms with Gasteiger partial charge in [0.15, 0.2) is 11.5 Å². The van der Waals surface area contributed by atoms with Crippen molar-refractivity contribution in [1.82, 2.24) is 0 Å². The highest BCUT2D eigenvalue weighted by atomic mass is 79.9. The normalized spacial score (nSPS) is 10.0. The second-order valence-electron chi connectivity index (χ2n) is 4.52. The second kappa shape index (κ2) is 8.43. The maximum absolute atomic E-state index is 10.9. The van der Waals surface area contributed by atoms with Crippen molar-refractivity contribution in [3.05, 3.63) is 46.4 Å². The molecule has 2 rings (SSSR count). The minimum absolute atomic E-state index is 0.335. The lowest BCUT2D eigenvalue weighted by molar-refractivity contribution is 0.112. The zero-order chi connectivity index (χ0) is 16.7. The molecule has 0 saturated carbocycles. The van der Waals surface area contributed by atoms with Crippen molar-refractivity contribution in [3.8, 4) is 23.0 Å². The first kappa shape index (κ1) is 17.1. The van der Waals surface area contributed by atoms with Gasteiger partial charge in [0.25, 0.3) is 0 Å². The van der Waals surface area contributed by atoms with Gasteiger partial charge in [0, 0.05) is 5.56 Å². The van der Waals surface area contributed by atoms with Crippen LogP contribution in [0.1, 0.15) is 10.4 Å². The van der Waals surface area contributed by atoms with E-state index in [4.69, 9.17) is 18.9 Å². The zero-order valence-corrected chi connectivity index (χ0v) is 14.5. The van der Waals surface area contributed by atoms with Crippen LogP contribution in [0.4, 0.5) is 0 Å². The lowest BCUT2D eigenvalue weighted by atomic mass is 10.2. The smallest absolute Gasteiger partial charge is 0.175 e. The van der Waals surface area contributed by atoms with Crippen LogP contribution in [0.2, 0.25) is 0 Å². The molecule has 0 aliphatic rings. The van der Waals surface area contributed by atoms with Crippen LogP contribution in [0, 0.1) is 0 Å². The molecular formula is C17H17BrO5. The maximum atomic E-state index is 10.9. The van der Waals surface area contributed by atoms with Crippen molar-refractivity contribution in [1.29, 1.82) is 0 Å². The van der Waals surface area contributed by atoms with Gasteiger partial charge in [-0.3, -0.25) is 4.79 Å². The molecule has 122 valence electrons. The molecule has 0 spiro atoms. The lowest BCUT2D eigenvalue weighted by Gasteiger charge is -2.13. The number of carbonyl (C=O) groups is 1. The van der Waals surface area contributed by atoms with Crippen LogP contribution in [-0.4, -0.2) is 33.7 Å². The summed E-state index contributed by atoms with van der Waals surface area (Å²) in [6.07, 6.45) is 0.754. The Labute approximate surface area is 143 Å². The molecule has 0 unspecified atom stereocenters. The largest absolute Gasteiger partial charge is 0.497 e. The summed E-state index contributed by atoms with van der Waals surface area (Å²) in [5.41, 5.74) is 0.510. The van der Waals surface area contributed by atoms with E-state index in [1.54, 1.807) is 19.2 Å². The first-order valence-corrected chi connectivity index (χ1v) is 7.69. The van der Waals surface area contributed by atoms with E-state index in [-0.39, 0.29) is 0 Å². The van der Waals surface area contributed by atoms with E-state index in [0.717, 1.165) is 17.8 Å². The van der Waals surface area contributed by atoms with Gasteiger partial charge in [0.2, 0.25) is 0 Å². The van der Waals surface area contributed by atoms with E-state index in [2.05, 4.69) is 15.9 Å². The molecule has 0 atom stereocenters. The van der Waals surface area contributed by atoms with Gasteiger partial charge in [0.1, 0.15) is 31.0 Å². The maximum Gasteiger partial charge on any atom is 0.175 e. The minimum atomic E-state index is 0.335. The molecular weight excluding hydrogens is 364 g/mol. The molecule has 0 fully saturated rings. The highest BCUT2D eigenvalue weighted by Gasteiger charge is 2.11. The number of methoxy groups -OCH3 is 2. The molecule has 0 N–H and O–H groups in total. The van der Waals surface area contributed by atoms with Crippen LogP contribution in [0.3, 0.4) is 0 Å². The molecule has 0 aliphatic carbocycles. The Kier molecular flexibility index (Phi) is 6.29. The lowest BCUT2D eigenvalue weighted by Crippen LogP contribution is -2.10. The summed E-state index contributed by atoms with van der Waals surface area (Å²) in [4.78, 5) is 10.9. The molecule has 0 aliphatic heterocycles. The van der Waals surface area contributed by atoms with Crippen molar-refractivity contribution < 1.29 is 23.7 Å². The van der Waals surface area contributed by atoms with Crippen LogP contribution in [0.25, 0.3) is 0 Å². The summed E-state index contributed by atoms with van der Waals surface area (Å²) in [6.45, 7) is 0.707. The third kappa shape index (κ3) is 4.63. The molecule has 2 aromatic rings. The topological polar surface area (TPSA) is 54.0 Å². The fourth-order valence-corrected chi connectivity index (χ4v) is 2.50. The standard InChI is InChI=1S/C17H17BrO5/c1-20-13-3-5-14(6-4-13)22-7-8-23-17-15(18)9-12(11-19)10-16(17)21-2/h3-6,9-11H,7-8H2,1-2H3. The molecule has 0 radical (unpaired) electrons. The number of carbonyl (C=O) groups excluding carboxylic acids is 1. The van der Waals surface area contributed by atoms with Crippen LogP contribution < -0.4 is 18.9 Å². The Morgan fingerprint density at radius 2 is 1.61 bits per heavy atom. The van der Waals surface area contributed by atoms with Gasteiger partial charge in [-0.05, 0) is 52.3 Å². The van der Waals surface area contributed by atoms with E-state index in [0.29, 0.717) is 34.7 Å². The monoisotopic (exact) mass is 380 g/mol.